The van der Waals surface area contributed by atoms with Crippen LogP contribution in [0.1, 0.15) is 44.5 Å². The first-order valence-electron chi connectivity index (χ1n) is 24.3. The van der Waals surface area contributed by atoms with Crippen molar-refractivity contribution < 1.29 is 0 Å². The van der Waals surface area contributed by atoms with Gasteiger partial charge >= 0.3 is 0 Å². The maximum Gasteiger partial charge on any atom is 0.0714 e. The number of rotatable bonds is 8. The average molecular weight is 908 g/mol. The SMILES string of the molecule is c1ccc(C2(c3ccccc3)c3ccccc3-c3ccc(N(c4ccc(-c5cccc6c5-c5ccccc5C6(c5ccccc5)c5ccccc5)cc4)c4cccc5c4sc4ccccc45)cc32)cc1. The highest BCUT2D eigenvalue weighted by molar-refractivity contribution is 7.26. The lowest BCUT2D eigenvalue weighted by Gasteiger charge is -2.35. The predicted octanol–water partition coefficient (Wildman–Crippen LogP) is 17.9. The van der Waals surface area contributed by atoms with Crippen molar-refractivity contribution in [2.24, 2.45) is 0 Å². The summed E-state index contributed by atoms with van der Waals surface area (Å²) in [6, 6.07) is 102. The van der Waals surface area contributed by atoms with Gasteiger partial charge in [0.15, 0.2) is 0 Å². The Hall–Kier alpha value is -8.56. The minimum Gasteiger partial charge on any atom is -0.309 e. The van der Waals surface area contributed by atoms with Gasteiger partial charge in [-0.1, -0.05) is 237 Å². The molecule has 1 heterocycles. The molecule has 2 aliphatic carbocycles. The zero-order valence-corrected chi connectivity index (χ0v) is 39.2. The molecule has 0 spiro atoms. The van der Waals surface area contributed by atoms with Crippen LogP contribution in [0.15, 0.2) is 273 Å². The quantitative estimate of drug-likeness (QED) is 0.147. The van der Waals surface area contributed by atoms with Gasteiger partial charge in [-0.25, -0.2) is 0 Å². The van der Waals surface area contributed by atoms with Crippen molar-refractivity contribution in [1.82, 2.24) is 0 Å². The van der Waals surface area contributed by atoms with Gasteiger partial charge < -0.3 is 4.90 Å². The number of anilines is 3. The first-order chi connectivity index (χ1) is 34.7. The third kappa shape index (κ3) is 5.78. The minimum atomic E-state index is -0.525. The van der Waals surface area contributed by atoms with E-state index in [2.05, 4.69) is 278 Å². The van der Waals surface area contributed by atoms with Gasteiger partial charge in [0, 0.05) is 26.8 Å². The van der Waals surface area contributed by atoms with Gasteiger partial charge in [-0.05, 0) is 114 Å². The second kappa shape index (κ2) is 16.0. The van der Waals surface area contributed by atoms with Gasteiger partial charge in [-0.15, -0.1) is 11.3 Å². The molecule has 1 aromatic heterocycles. The number of nitrogens with zero attached hydrogens (tertiary/aromatic N) is 1. The van der Waals surface area contributed by atoms with Crippen LogP contribution in [0.2, 0.25) is 0 Å². The van der Waals surface area contributed by atoms with Crippen molar-refractivity contribution in [3.8, 4) is 33.4 Å². The smallest absolute Gasteiger partial charge is 0.0714 e. The van der Waals surface area contributed by atoms with Crippen LogP contribution in [0.25, 0.3) is 53.6 Å². The summed E-state index contributed by atoms with van der Waals surface area (Å²) >= 11 is 1.88. The molecule has 0 fully saturated rings. The fraction of sp³-hybridized carbons (Fsp3) is 0.0294. The average Bonchev–Trinajstić information content (AvgIpc) is 4.08. The lowest BCUT2D eigenvalue weighted by atomic mass is 9.67. The van der Waals surface area contributed by atoms with Crippen molar-refractivity contribution in [1.29, 1.82) is 0 Å². The molecule has 11 aromatic carbocycles. The molecule has 1 nitrogen and oxygen atoms in total. The van der Waals surface area contributed by atoms with Gasteiger partial charge in [-0.2, -0.15) is 0 Å². The lowest BCUT2D eigenvalue weighted by Crippen LogP contribution is -2.28. The molecule has 0 amide bonds. The first-order valence-corrected chi connectivity index (χ1v) is 25.1. The highest BCUT2D eigenvalue weighted by Gasteiger charge is 2.48. The Morgan fingerprint density at radius 1 is 0.300 bits per heavy atom. The van der Waals surface area contributed by atoms with Gasteiger partial charge in [0.25, 0.3) is 0 Å². The zero-order valence-electron chi connectivity index (χ0n) is 38.3. The van der Waals surface area contributed by atoms with Crippen molar-refractivity contribution in [3.05, 3.63) is 317 Å². The Kier molecular flexibility index (Phi) is 9.27. The number of benzene rings is 11. The molecule has 0 aliphatic heterocycles. The molecule has 0 saturated carbocycles. The normalized spacial score (nSPS) is 13.7. The molecule has 0 unspecified atom stereocenters. The third-order valence-corrected chi connectivity index (χ3v) is 16.5. The van der Waals surface area contributed by atoms with Crippen LogP contribution in [0.4, 0.5) is 17.1 Å². The number of hydrogen-bond donors (Lipinski definition) is 0. The predicted molar refractivity (Wildman–Crippen MR) is 294 cm³/mol. The molecule has 70 heavy (non-hydrogen) atoms. The molecule has 328 valence electrons. The molecular weight excluding hydrogens is 863 g/mol. The Bertz CT molecular complexity index is 3850. The van der Waals surface area contributed by atoms with E-state index in [4.69, 9.17) is 0 Å². The first kappa shape index (κ1) is 40.5. The van der Waals surface area contributed by atoms with Crippen LogP contribution in [0, 0.1) is 0 Å². The van der Waals surface area contributed by atoms with Crippen molar-refractivity contribution >= 4 is 48.6 Å². The van der Waals surface area contributed by atoms with E-state index in [-0.39, 0.29) is 0 Å². The monoisotopic (exact) mass is 907 g/mol. The zero-order chi connectivity index (χ0) is 46.2. The lowest BCUT2D eigenvalue weighted by molar-refractivity contribution is 0.768. The Balaban J connectivity index is 0.985. The van der Waals surface area contributed by atoms with Gasteiger partial charge in [0.1, 0.15) is 0 Å². The molecule has 0 radical (unpaired) electrons. The van der Waals surface area contributed by atoms with Crippen LogP contribution in [-0.2, 0) is 10.8 Å². The number of fused-ring (bicyclic) bond motifs is 9. The molecule has 12 aromatic rings. The van der Waals surface area contributed by atoms with E-state index in [0.717, 1.165) is 17.1 Å². The Labute approximate surface area is 412 Å². The topological polar surface area (TPSA) is 3.24 Å². The minimum absolute atomic E-state index is 0.466. The maximum absolute atomic E-state index is 2.51. The highest BCUT2D eigenvalue weighted by atomic mass is 32.1. The second-order valence-electron chi connectivity index (χ2n) is 18.6. The van der Waals surface area contributed by atoms with Crippen molar-refractivity contribution in [3.63, 3.8) is 0 Å². The fourth-order valence-corrected chi connectivity index (χ4v) is 13.6. The standard InChI is InChI=1S/C68H45NS/c1-5-21-47(22-6-1)67(48-23-7-2-8-24-48)60-35-17-14-31-58(60)65-53(32-19-36-61(65)67)46-39-41-51(42-40-46)69(63-37-20-33-57-56-30-15-18-38-64(56)70-66(57)63)52-43-44-55-54-29-13-16-34-59(54)68(62(55)45-52,49-25-9-3-10-26-49)50-27-11-4-12-28-50/h1-45H. The van der Waals surface area contributed by atoms with E-state index in [1.54, 1.807) is 0 Å². The van der Waals surface area contributed by atoms with Crippen LogP contribution >= 0.6 is 11.3 Å². The summed E-state index contributed by atoms with van der Waals surface area (Å²) in [6.07, 6.45) is 0. The van der Waals surface area contributed by atoms with E-state index in [9.17, 15) is 0 Å². The van der Waals surface area contributed by atoms with Crippen molar-refractivity contribution in [2.75, 3.05) is 4.90 Å². The van der Waals surface area contributed by atoms with Gasteiger partial charge in [-0.3, -0.25) is 0 Å². The summed E-state index contributed by atoms with van der Waals surface area (Å²) in [4.78, 5) is 2.51. The second-order valence-corrected chi connectivity index (χ2v) is 19.7. The fourth-order valence-electron chi connectivity index (χ4n) is 12.4. The molecule has 0 N–H and O–H groups in total. The summed E-state index contributed by atoms with van der Waals surface area (Å²) in [6.45, 7) is 0. The van der Waals surface area contributed by atoms with E-state index in [1.165, 1.54) is 98.1 Å². The number of hydrogen-bond acceptors (Lipinski definition) is 2. The highest BCUT2D eigenvalue weighted by Crippen LogP contribution is 2.60. The van der Waals surface area contributed by atoms with Crippen LogP contribution in [-0.4, -0.2) is 0 Å². The molecule has 0 bridgehead atoms. The van der Waals surface area contributed by atoms with E-state index in [0.29, 0.717) is 0 Å². The summed E-state index contributed by atoms with van der Waals surface area (Å²) in [5.41, 5.74) is 20.2. The Morgan fingerprint density at radius 2 is 0.757 bits per heavy atom. The Morgan fingerprint density at radius 3 is 1.40 bits per heavy atom. The molecule has 2 heteroatoms. The number of thiophene rings is 1. The van der Waals surface area contributed by atoms with Crippen molar-refractivity contribution in [2.45, 2.75) is 10.8 Å². The molecular formula is C68H45NS. The maximum atomic E-state index is 2.51. The van der Waals surface area contributed by atoms with E-state index in [1.807, 2.05) is 11.3 Å². The van der Waals surface area contributed by atoms with Gasteiger partial charge in [0.2, 0.25) is 0 Å². The largest absolute Gasteiger partial charge is 0.309 e. The summed E-state index contributed by atoms with van der Waals surface area (Å²) in [7, 11) is 0. The summed E-state index contributed by atoms with van der Waals surface area (Å²) in [5, 5.41) is 2.56. The summed E-state index contributed by atoms with van der Waals surface area (Å²) < 4.78 is 2.56. The van der Waals surface area contributed by atoms with Gasteiger partial charge in [0.05, 0.1) is 21.2 Å². The van der Waals surface area contributed by atoms with Crippen LogP contribution < -0.4 is 4.90 Å². The molecule has 2 aliphatic rings. The molecule has 0 atom stereocenters. The third-order valence-electron chi connectivity index (χ3n) is 15.2. The molecule has 0 saturated heterocycles. The van der Waals surface area contributed by atoms with E-state index >= 15 is 0 Å². The van der Waals surface area contributed by atoms with Crippen LogP contribution in [0.5, 0.6) is 0 Å². The summed E-state index contributed by atoms with van der Waals surface area (Å²) in [5.74, 6) is 0. The van der Waals surface area contributed by atoms with E-state index < -0.39 is 10.8 Å². The van der Waals surface area contributed by atoms with Crippen LogP contribution in [0.3, 0.4) is 0 Å². The molecule has 14 rings (SSSR count).